The predicted octanol–water partition coefficient (Wildman–Crippen LogP) is 1.71. The number of nitrogens with one attached hydrogen (secondary N) is 1. The van der Waals surface area contributed by atoms with Crippen molar-refractivity contribution < 1.29 is 9.53 Å². The summed E-state index contributed by atoms with van der Waals surface area (Å²) in [4.78, 5) is 13.9. The second-order valence-corrected chi connectivity index (χ2v) is 5.29. The van der Waals surface area contributed by atoms with E-state index < -0.39 is 0 Å². The molecular weight excluding hydrogens is 287 g/mol. The summed E-state index contributed by atoms with van der Waals surface area (Å²) in [7, 11) is 1.49. The summed E-state index contributed by atoms with van der Waals surface area (Å²) in [6, 6.07) is 0. The number of rotatable bonds is 3. The fourth-order valence-electron chi connectivity index (χ4n) is 2.95. The average molecular weight is 313 g/mol. The third kappa shape index (κ3) is 5.86. The first-order valence-electron chi connectivity index (χ1n) is 6.80. The standard InChI is InChI=1S/C13H24N2O2.2ClH/c1-17-13(16)12-4-8-15(9-5-12)10-11-2-6-14-7-3-11;;/h11-12,14H,2-10H2,1H3;2*1H. The molecule has 0 aromatic heterocycles. The number of nitrogens with zero attached hydrogens (tertiary/aromatic N) is 1. The van der Waals surface area contributed by atoms with Gasteiger partial charge in [-0.2, -0.15) is 0 Å². The second-order valence-electron chi connectivity index (χ2n) is 5.29. The summed E-state index contributed by atoms with van der Waals surface area (Å²) in [5.41, 5.74) is 0. The third-order valence-electron chi connectivity index (χ3n) is 4.10. The smallest absolute Gasteiger partial charge is 0.308 e. The molecule has 0 saturated carbocycles. The maximum atomic E-state index is 11.4. The van der Waals surface area contributed by atoms with E-state index in [2.05, 4.69) is 10.2 Å². The van der Waals surface area contributed by atoms with Crippen LogP contribution in [0.3, 0.4) is 0 Å². The van der Waals surface area contributed by atoms with Gasteiger partial charge in [0.05, 0.1) is 13.0 Å². The molecule has 2 aliphatic rings. The van der Waals surface area contributed by atoms with E-state index in [0.717, 1.165) is 31.8 Å². The minimum Gasteiger partial charge on any atom is -0.469 e. The van der Waals surface area contributed by atoms with Gasteiger partial charge < -0.3 is 15.0 Å². The Balaban J connectivity index is 0.00000162. The summed E-state index contributed by atoms with van der Waals surface area (Å²) < 4.78 is 4.81. The molecule has 114 valence electrons. The Hall–Kier alpha value is -0.0300. The highest BCUT2D eigenvalue weighted by Crippen LogP contribution is 2.21. The summed E-state index contributed by atoms with van der Waals surface area (Å²) >= 11 is 0. The van der Waals surface area contributed by atoms with Crippen molar-refractivity contribution in [3.05, 3.63) is 0 Å². The van der Waals surface area contributed by atoms with Crippen LogP contribution in [0.1, 0.15) is 25.7 Å². The van der Waals surface area contributed by atoms with Crippen LogP contribution in [0.15, 0.2) is 0 Å². The molecule has 0 aromatic rings. The number of hydrogen-bond acceptors (Lipinski definition) is 4. The number of likely N-dealkylation sites (tertiary alicyclic amines) is 1. The van der Waals surface area contributed by atoms with E-state index in [0.29, 0.717) is 0 Å². The Morgan fingerprint density at radius 3 is 2.26 bits per heavy atom. The molecule has 2 aliphatic heterocycles. The molecule has 0 aliphatic carbocycles. The van der Waals surface area contributed by atoms with Crippen LogP contribution in [-0.4, -0.2) is 50.7 Å². The molecule has 0 atom stereocenters. The van der Waals surface area contributed by atoms with E-state index in [1.54, 1.807) is 0 Å². The van der Waals surface area contributed by atoms with Crippen LogP contribution in [0.4, 0.5) is 0 Å². The molecule has 19 heavy (non-hydrogen) atoms. The van der Waals surface area contributed by atoms with Crippen molar-refractivity contribution in [2.24, 2.45) is 11.8 Å². The van der Waals surface area contributed by atoms with Crippen LogP contribution in [0.25, 0.3) is 0 Å². The highest BCUT2D eigenvalue weighted by atomic mass is 35.5. The van der Waals surface area contributed by atoms with Crippen molar-refractivity contribution in [1.82, 2.24) is 10.2 Å². The Morgan fingerprint density at radius 2 is 1.74 bits per heavy atom. The summed E-state index contributed by atoms with van der Waals surface area (Å²) in [5.74, 6) is 0.974. The lowest BCUT2D eigenvalue weighted by molar-refractivity contribution is -0.147. The van der Waals surface area contributed by atoms with Gasteiger partial charge >= 0.3 is 5.97 Å². The molecule has 2 heterocycles. The van der Waals surface area contributed by atoms with Gasteiger partial charge in [0.25, 0.3) is 0 Å². The fraction of sp³-hybridized carbons (Fsp3) is 0.923. The molecule has 4 nitrogen and oxygen atoms in total. The summed E-state index contributed by atoms with van der Waals surface area (Å²) in [5, 5.41) is 3.40. The van der Waals surface area contributed by atoms with Crippen molar-refractivity contribution >= 4 is 30.8 Å². The van der Waals surface area contributed by atoms with Gasteiger partial charge in [0.1, 0.15) is 0 Å². The van der Waals surface area contributed by atoms with E-state index >= 15 is 0 Å². The van der Waals surface area contributed by atoms with E-state index in [9.17, 15) is 4.79 Å². The number of methoxy groups -OCH3 is 1. The van der Waals surface area contributed by atoms with Crippen molar-refractivity contribution in [1.29, 1.82) is 0 Å². The van der Waals surface area contributed by atoms with Crippen LogP contribution >= 0.6 is 24.8 Å². The first kappa shape index (κ1) is 19.0. The lowest BCUT2D eigenvalue weighted by atomic mass is 9.93. The van der Waals surface area contributed by atoms with Gasteiger partial charge in [0, 0.05) is 6.54 Å². The topological polar surface area (TPSA) is 41.6 Å². The number of halogens is 2. The molecule has 2 saturated heterocycles. The molecule has 0 radical (unpaired) electrons. The van der Waals surface area contributed by atoms with E-state index in [1.165, 1.54) is 39.6 Å². The molecule has 2 rings (SSSR count). The van der Waals surface area contributed by atoms with Gasteiger partial charge in [-0.15, -0.1) is 24.8 Å². The number of hydrogen-bond donors (Lipinski definition) is 1. The monoisotopic (exact) mass is 312 g/mol. The van der Waals surface area contributed by atoms with Crippen molar-refractivity contribution in [3.63, 3.8) is 0 Å². The van der Waals surface area contributed by atoms with Crippen molar-refractivity contribution in [3.8, 4) is 0 Å². The first-order valence-corrected chi connectivity index (χ1v) is 6.80. The zero-order valence-corrected chi connectivity index (χ0v) is 13.2. The maximum absolute atomic E-state index is 11.4. The van der Waals surface area contributed by atoms with E-state index in [-0.39, 0.29) is 36.7 Å². The van der Waals surface area contributed by atoms with Crippen LogP contribution in [0.2, 0.25) is 0 Å². The summed E-state index contributed by atoms with van der Waals surface area (Å²) in [6.45, 7) is 5.68. The minimum atomic E-state index is -0.0217. The Kier molecular flexibility index (Phi) is 9.79. The zero-order chi connectivity index (χ0) is 12.1. The highest BCUT2D eigenvalue weighted by Gasteiger charge is 2.26. The van der Waals surface area contributed by atoms with Crippen molar-refractivity contribution in [2.75, 3.05) is 39.8 Å². The number of piperidine rings is 2. The quantitative estimate of drug-likeness (QED) is 0.806. The van der Waals surface area contributed by atoms with Crippen LogP contribution in [0, 0.1) is 11.8 Å². The Morgan fingerprint density at radius 1 is 1.16 bits per heavy atom. The molecule has 1 N–H and O–H groups in total. The maximum Gasteiger partial charge on any atom is 0.308 e. The van der Waals surface area contributed by atoms with Gasteiger partial charge in [-0.3, -0.25) is 4.79 Å². The highest BCUT2D eigenvalue weighted by molar-refractivity contribution is 5.85. The SMILES string of the molecule is COC(=O)C1CCN(CC2CCNCC2)CC1.Cl.Cl. The lowest BCUT2D eigenvalue weighted by Crippen LogP contribution is -2.41. The largest absolute Gasteiger partial charge is 0.469 e. The van der Waals surface area contributed by atoms with Gasteiger partial charge in [0.2, 0.25) is 0 Å². The molecule has 0 unspecified atom stereocenters. The average Bonchev–Trinajstić information content (AvgIpc) is 2.40. The Bertz CT molecular complexity index is 253. The number of esters is 1. The zero-order valence-electron chi connectivity index (χ0n) is 11.6. The molecule has 0 amide bonds. The number of carbonyl (C=O) groups is 1. The molecule has 0 aromatic carbocycles. The first-order chi connectivity index (χ1) is 8.29. The van der Waals surface area contributed by atoms with E-state index in [1.807, 2.05) is 0 Å². The molecule has 0 spiro atoms. The normalized spacial score (nSPS) is 22.2. The molecule has 6 heteroatoms. The lowest BCUT2D eigenvalue weighted by Gasteiger charge is -2.34. The molecule has 2 fully saturated rings. The number of ether oxygens (including phenoxy) is 1. The minimum absolute atomic E-state index is 0. The van der Waals surface area contributed by atoms with Gasteiger partial charge in [-0.1, -0.05) is 0 Å². The summed E-state index contributed by atoms with van der Waals surface area (Å²) in [6.07, 6.45) is 4.54. The third-order valence-corrected chi connectivity index (χ3v) is 4.10. The van der Waals surface area contributed by atoms with Gasteiger partial charge in [0.15, 0.2) is 0 Å². The predicted molar refractivity (Wildman–Crippen MR) is 81.3 cm³/mol. The van der Waals surface area contributed by atoms with Gasteiger partial charge in [-0.05, 0) is 57.8 Å². The van der Waals surface area contributed by atoms with Crippen LogP contribution in [-0.2, 0) is 9.53 Å². The molecule has 0 bridgehead atoms. The number of carbonyl (C=O) groups excluding carboxylic acids is 1. The van der Waals surface area contributed by atoms with E-state index in [4.69, 9.17) is 4.74 Å². The fourth-order valence-corrected chi connectivity index (χ4v) is 2.95. The molecular formula is C13H26Cl2N2O2. The Labute approximate surface area is 128 Å². The van der Waals surface area contributed by atoms with Crippen LogP contribution in [0.5, 0.6) is 0 Å². The second kappa shape index (κ2) is 9.81. The van der Waals surface area contributed by atoms with Crippen LogP contribution < -0.4 is 5.32 Å². The van der Waals surface area contributed by atoms with Gasteiger partial charge in [-0.25, -0.2) is 0 Å². The van der Waals surface area contributed by atoms with Crippen molar-refractivity contribution in [2.45, 2.75) is 25.7 Å².